The molecule has 1 aromatic heterocycles. The molecule has 1 N–H and O–H groups in total. The number of aromatic nitrogens is 2. The Labute approximate surface area is 176 Å². The molecule has 1 atom stereocenters. The molecule has 0 spiro atoms. The molecule has 1 unspecified atom stereocenters. The average Bonchev–Trinajstić information content (AvgIpc) is 3.24. The lowest BCUT2D eigenvalue weighted by molar-refractivity contribution is -0.132. The number of methoxy groups -OCH3 is 1. The van der Waals surface area contributed by atoms with Crippen LogP contribution < -0.4 is 0 Å². The first kappa shape index (κ1) is 20.0. The van der Waals surface area contributed by atoms with Gasteiger partial charge in [0.1, 0.15) is 5.76 Å². The fraction of sp³-hybridized carbons (Fsp3) is 0.280. The Morgan fingerprint density at radius 3 is 2.63 bits per heavy atom. The minimum Gasteiger partial charge on any atom is -0.496 e. The van der Waals surface area contributed by atoms with Crippen LogP contribution in [0.5, 0.6) is 0 Å². The summed E-state index contributed by atoms with van der Waals surface area (Å²) in [6.45, 7) is 4.28. The number of rotatable bonds is 5. The topological polar surface area (TPSA) is 64.3 Å². The zero-order valence-electron chi connectivity index (χ0n) is 17.6. The Morgan fingerprint density at radius 2 is 2.03 bits per heavy atom. The standard InChI is InChI=1S/C25H26N2O3/c1-17-15-21(24(28)29)23(30-3)20-8-5-4-7-19(20)22(17)16-25(2)11-9-18(10-12-25)27-14-6-13-26-27/h4-11,13-14H,12,15-16H2,1-3H3,(H,28,29). The van der Waals surface area contributed by atoms with Gasteiger partial charge in [0.05, 0.1) is 18.4 Å². The number of carbonyl (C=O) groups is 1. The lowest BCUT2D eigenvalue weighted by atomic mass is 9.75. The third-order valence-corrected chi connectivity index (χ3v) is 5.97. The highest BCUT2D eigenvalue weighted by Crippen LogP contribution is 2.45. The Hall–Kier alpha value is -3.34. The smallest absolute Gasteiger partial charge is 0.335 e. The van der Waals surface area contributed by atoms with Crippen molar-refractivity contribution in [3.63, 3.8) is 0 Å². The molecular formula is C25H26N2O3. The first-order valence-corrected chi connectivity index (χ1v) is 10.1. The van der Waals surface area contributed by atoms with Gasteiger partial charge in [-0.25, -0.2) is 9.48 Å². The second-order valence-electron chi connectivity index (χ2n) is 8.25. The van der Waals surface area contributed by atoms with Crippen molar-refractivity contribution in [3.05, 3.63) is 83.2 Å². The zero-order chi connectivity index (χ0) is 21.3. The molecular weight excluding hydrogens is 376 g/mol. The molecule has 2 aromatic rings. The molecule has 1 aromatic carbocycles. The van der Waals surface area contributed by atoms with Crippen LogP contribution >= 0.6 is 0 Å². The van der Waals surface area contributed by atoms with E-state index in [1.807, 2.05) is 42.1 Å². The number of carboxylic acid groups (broad SMARTS) is 1. The van der Waals surface area contributed by atoms with Crippen molar-refractivity contribution < 1.29 is 14.6 Å². The first-order chi connectivity index (χ1) is 14.4. The fourth-order valence-corrected chi connectivity index (χ4v) is 4.33. The van der Waals surface area contributed by atoms with Crippen molar-refractivity contribution in [2.75, 3.05) is 7.11 Å². The van der Waals surface area contributed by atoms with Crippen LogP contribution in [0.1, 0.15) is 44.2 Å². The average molecular weight is 402 g/mol. The number of nitrogens with zero attached hydrogens (tertiary/aromatic N) is 2. The third-order valence-electron chi connectivity index (χ3n) is 5.97. The maximum absolute atomic E-state index is 12.0. The van der Waals surface area contributed by atoms with E-state index in [4.69, 9.17) is 4.74 Å². The van der Waals surface area contributed by atoms with Gasteiger partial charge in [-0.05, 0) is 48.5 Å². The summed E-state index contributed by atoms with van der Waals surface area (Å²) in [6.07, 6.45) is 12.4. The summed E-state index contributed by atoms with van der Waals surface area (Å²) in [5, 5.41) is 14.1. The predicted molar refractivity (Wildman–Crippen MR) is 118 cm³/mol. The highest BCUT2D eigenvalue weighted by Gasteiger charge is 2.31. The van der Waals surface area contributed by atoms with Crippen LogP contribution in [0, 0.1) is 5.41 Å². The van der Waals surface area contributed by atoms with Crippen LogP contribution in [-0.4, -0.2) is 28.0 Å². The van der Waals surface area contributed by atoms with E-state index < -0.39 is 5.97 Å². The normalized spacial score (nSPS) is 21.2. The molecule has 1 heterocycles. The summed E-state index contributed by atoms with van der Waals surface area (Å²) in [5.41, 5.74) is 5.48. The Balaban J connectivity index is 1.71. The SMILES string of the molecule is COC1=C(C(=O)O)CC(C)=C(CC2(C)C=CC(n3cccn3)=CC2)c2ccccc21. The van der Waals surface area contributed by atoms with Crippen LogP contribution in [0.15, 0.2) is 72.1 Å². The molecule has 0 saturated heterocycles. The molecule has 0 aliphatic heterocycles. The van der Waals surface area contributed by atoms with E-state index in [0.717, 1.165) is 35.2 Å². The summed E-state index contributed by atoms with van der Waals surface area (Å²) in [5.74, 6) is -0.476. The molecule has 5 heteroatoms. The van der Waals surface area contributed by atoms with Crippen molar-refractivity contribution in [3.8, 4) is 0 Å². The van der Waals surface area contributed by atoms with E-state index in [1.54, 1.807) is 13.3 Å². The van der Waals surface area contributed by atoms with Crippen LogP contribution in [0.4, 0.5) is 0 Å². The minimum atomic E-state index is -0.933. The number of allylic oxidation sites excluding steroid dienone is 6. The lowest BCUT2D eigenvalue weighted by Crippen LogP contribution is -2.17. The number of aliphatic carboxylic acids is 1. The van der Waals surface area contributed by atoms with Crippen LogP contribution in [0.25, 0.3) is 17.0 Å². The van der Waals surface area contributed by atoms with Gasteiger partial charge in [0.25, 0.3) is 0 Å². The molecule has 0 amide bonds. The van der Waals surface area contributed by atoms with Crippen molar-refractivity contribution >= 4 is 23.0 Å². The largest absolute Gasteiger partial charge is 0.496 e. The van der Waals surface area contributed by atoms with Gasteiger partial charge < -0.3 is 9.84 Å². The van der Waals surface area contributed by atoms with Gasteiger partial charge in [-0.1, -0.05) is 48.9 Å². The second-order valence-corrected chi connectivity index (χ2v) is 8.25. The van der Waals surface area contributed by atoms with Gasteiger partial charge in [-0.15, -0.1) is 0 Å². The van der Waals surface area contributed by atoms with Crippen LogP contribution in [0.2, 0.25) is 0 Å². The number of hydrogen-bond donors (Lipinski definition) is 1. The molecule has 2 aliphatic rings. The summed E-state index contributed by atoms with van der Waals surface area (Å²) in [7, 11) is 1.54. The summed E-state index contributed by atoms with van der Waals surface area (Å²) in [4.78, 5) is 12.0. The molecule has 30 heavy (non-hydrogen) atoms. The Morgan fingerprint density at radius 1 is 1.27 bits per heavy atom. The number of fused-ring (bicyclic) bond motifs is 1. The summed E-state index contributed by atoms with van der Waals surface area (Å²) in [6, 6.07) is 9.86. The molecule has 0 radical (unpaired) electrons. The van der Waals surface area contributed by atoms with Crippen LogP contribution in [-0.2, 0) is 9.53 Å². The third kappa shape index (κ3) is 3.63. The van der Waals surface area contributed by atoms with Gasteiger partial charge in [0, 0.05) is 24.4 Å². The van der Waals surface area contributed by atoms with E-state index >= 15 is 0 Å². The molecule has 4 rings (SSSR count). The van der Waals surface area contributed by atoms with Gasteiger partial charge in [-0.2, -0.15) is 5.10 Å². The molecule has 0 fully saturated rings. The van der Waals surface area contributed by atoms with Crippen molar-refractivity contribution in [2.45, 2.75) is 33.1 Å². The van der Waals surface area contributed by atoms with Gasteiger partial charge >= 0.3 is 5.97 Å². The van der Waals surface area contributed by atoms with Gasteiger partial charge in [0.15, 0.2) is 0 Å². The fourth-order valence-electron chi connectivity index (χ4n) is 4.33. The molecule has 2 aliphatic carbocycles. The Bertz CT molecular complexity index is 1100. The zero-order valence-corrected chi connectivity index (χ0v) is 17.6. The van der Waals surface area contributed by atoms with E-state index in [2.05, 4.69) is 36.3 Å². The second kappa shape index (κ2) is 7.82. The molecule has 0 saturated carbocycles. The van der Waals surface area contributed by atoms with Gasteiger partial charge in [0.2, 0.25) is 0 Å². The van der Waals surface area contributed by atoms with E-state index in [9.17, 15) is 9.90 Å². The van der Waals surface area contributed by atoms with Crippen molar-refractivity contribution in [1.29, 1.82) is 0 Å². The van der Waals surface area contributed by atoms with Gasteiger partial charge in [-0.3, -0.25) is 0 Å². The highest BCUT2D eigenvalue weighted by atomic mass is 16.5. The first-order valence-electron chi connectivity index (χ1n) is 10.1. The summed E-state index contributed by atoms with van der Waals surface area (Å²) < 4.78 is 7.45. The van der Waals surface area contributed by atoms with Crippen molar-refractivity contribution in [2.24, 2.45) is 5.41 Å². The van der Waals surface area contributed by atoms with Crippen molar-refractivity contribution in [1.82, 2.24) is 9.78 Å². The summed E-state index contributed by atoms with van der Waals surface area (Å²) >= 11 is 0. The minimum absolute atomic E-state index is 0.0681. The van der Waals surface area contributed by atoms with E-state index in [-0.39, 0.29) is 5.41 Å². The lowest BCUT2D eigenvalue weighted by Gasteiger charge is -2.30. The highest BCUT2D eigenvalue weighted by molar-refractivity contribution is 5.98. The predicted octanol–water partition coefficient (Wildman–Crippen LogP) is 5.40. The molecule has 0 bridgehead atoms. The number of hydrogen-bond acceptors (Lipinski definition) is 3. The molecule has 154 valence electrons. The van der Waals surface area contributed by atoms with Crippen LogP contribution in [0.3, 0.4) is 0 Å². The monoisotopic (exact) mass is 402 g/mol. The maximum Gasteiger partial charge on any atom is 0.335 e. The van der Waals surface area contributed by atoms with E-state index in [1.165, 1.54) is 5.57 Å². The number of carboxylic acids is 1. The van der Waals surface area contributed by atoms with E-state index in [0.29, 0.717) is 17.8 Å². The number of benzene rings is 1. The number of ether oxygens (including phenoxy) is 1. The maximum atomic E-state index is 12.0. The quantitative estimate of drug-likeness (QED) is 0.727. The Kier molecular flexibility index (Phi) is 5.20. The molecule has 5 nitrogen and oxygen atoms in total.